The molecule has 0 bridgehead atoms. The Morgan fingerprint density at radius 2 is 1.12 bits per heavy atom. The summed E-state index contributed by atoms with van der Waals surface area (Å²) in [5.41, 5.74) is 6.03. The van der Waals surface area contributed by atoms with Gasteiger partial charge in [-0.1, -0.05) is 206 Å². The van der Waals surface area contributed by atoms with Crippen LogP contribution in [0.25, 0.3) is 0 Å². The van der Waals surface area contributed by atoms with Crippen molar-refractivity contribution < 1.29 is 44.9 Å². The van der Waals surface area contributed by atoms with E-state index in [4.69, 9.17) is 15.2 Å². The topological polar surface area (TPSA) is 195 Å². The third-order valence-corrected chi connectivity index (χ3v) is 12.1. The van der Waals surface area contributed by atoms with Crippen LogP contribution in [0, 0.1) is 5.92 Å². The van der Waals surface area contributed by atoms with Crippen LogP contribution in [0.1, 0.15) is 213 Å². The van der Waals surface area contributed by atoms with Gasteiger partial charge in [0.25, 0.3) is 0 Å². The minimum Gasteiger partial charge on any atom is -0.394 e. The SMILES string of the molecule is CCCCCCCCCCCCCCCCCCCC[C@@H](O)C(=O)N[C@H](CO[C@@H]1O[C@H](CO)[C@@H](O)[C@H](O)[C@H]1N)[C@H](O)[C@@H](O)/C=C/CCCCCCCCCCCC(C)C. The van der Waals surface area contributed by atoms with Crippen LogP contribution in [-0.2, 0) is 14.3 Å². The zero-order valence-electron chi connectivity index (χ0n) is 38.0. The first kappa shape index (κ1) is 55.9. The number of aliphatic hydroxyl groups excluding tert-OH is 6. The maximum absolute atomic E-state index is 13.1. The number of amides is 1. The van der Waals surface area contributed by atoms with E-state index in [-0.39, 0.29) is 13.0 Å². The molecule has 0 radical (unpaired) electrons. The van der Waals surface area contributed by atoms with Crippen molar-refractivity contribution in [1.29, 1.82) is 0 Å². The fourth-order valence-electron chi connectivity index (χ4n) is 7.97. The number of ether oxygens (including phenoxy) is 2. The van der Waals surface area contributed by atoms with Crippen molar-refractivity contribution in [3.63, 3.8) is 0 Å². The molecule has 1 aliphatic heterocycles. The zero-order valence-corrected chi connectivity index (χ0v) is 38.0. The highest BCUT2D eigenvalue weighted by Gasteiger charge is 2.43. The van der Waals surface area contributed by atoms with Crippen molar-refractivity contribution in [3.05, 3.63) is 12.2 Å². The molecular formula is C48H94N2O9. The van der Waals surface area contributed by atoms with Gasteiger partial charge in [-0.25, -0.2) is 0 Å². The van der Waals surface area contributed by atoms with Gasteiger partial charge in [-0.3, -0.25) is 4.79 Å². The standard InChI is InChI=1S/C48H94N2O9/c1-4-5-6-7-8-9-10-11-12-13-14-15-16-19-23-26-29-32-35-41(53)47(57)50-39(37-58-48-43(49)46(56)45(55)42(36-51)59-48)44(54)40(52)34-31-28-25-22-20-17-18-21-24-27-30-33-38(2)3/h31,34,38-46,48,51-56H,4-30,32-33,35-37,49H2,1-3H3,(H,50,57)/b34-31+/t39-,40+,41-,42-,43-,44+,45-,46-,48-/m1/s1. The Kier molecular flexibility index (Phi) is 35.4. The number of unbranched alkanes of at least 4 members (excludes halogenated alkanes) is 26. The predicted octanol–water partition coefficient (Wildman–Crippen LogP) is 8.27. The molecule has 1 fully saturated rings. The van der Waals surface area contributed by atoms with Gasteiger partial charge in [0.15, 0.2) is 6.29 Å². The number of rotatable bonds is 40. The Bertz CT molecular complexity index is 986. The van der Waals surface area contributed by atoms with E-state index in [2.05, 4.69) is 26.1 Å². The first-order chi connectivity index (χ1) is 28.5. The smallest absolute Gasteiger partial charge is 0.249 e. The summed E-state index contributed by atoms with van der Waals surface area (Å²) in [5, 5.41) is 65.5. The largest absolute Gasteiger partial charge is 0.394 e. The highest BCUT2D eigenvalue weighted by molar-refractivity contribution is 5.80. The molecule has 59 heavy (non-hydrogen) atoms. The Hall–Kier alpha value is -1.15. The number of allylic oxidation sites excluding steroid dienone is 1. The molecule has 0 aromatic rings. The summed E-state index contributed by atoms with van der Waals surface area (Å²) < 4.78 is 11.3. The molecule has 0 spiro atoms. The van der Waals surface area contributed by atoms with Gasteiger partial charge in [-0.2, -0.15) is 0 Å². The Morgan fingerprint density at radius 3 is 1.58 bits per heavy atom. The number of hydrogen-bond donors (Lipinski definition) is 8. The van der Waals surface area contributed by atoms with Crippen LogP contribution in [0.5, 0.6) is 0 Å². The quantitative estimate of drug-likeness (QED) is 0.0220. The second kappa shape index (κ2) is 37.4. The lowest BCUT2D eigenvalue weighted by Crippen LogP contribution is -2.63. The number of aliphatic hydroxyl groups is 6. The summed E-state index contributed by atoms with van der Waals surface area (Å²) in [4.78, 5) is 13.1. The molecule has 9 atom stereocenters. The van der Waals surface area contributed by atoms with E-state index in [1.807, 2.05) is 6.08 Å². The predicted molar refractivity (Wildman–Crippen MR) is 240 cm³/mol. The molecule has 9 N–H and O–H groups in total. The van der Waals surface area contributed by atoms with E-state index in [0.717, 1.165) is 44.4 Å². The average molecular weight is 843 g/mol. The minimum absolute atomic E-state index is 0.272. The van der Waals surface area contributed by atoms with Gasteiger partial charge in [0.2, 0.25) is 5.91 Å². The van der Waals surface area contributed by atoms with E-state index in [1.165, 1.54) is 147 Å². The lowest BCUT2D eigenvalue weighted by Gasteiger charge is -2.41. The van der Waals surface area contributed by atoms with Crippen LogP contribution >= 0.6 is 0 Å². The summed E-state index contributed by atoms with van der Waals surface area (Å²) >= 11 is 0. The van der Waals surface area contributed by atoms with E-state index in [0.29, 0.717) is 6.42 Å². The minimum atomic E-state index is -1.49. The van der Waals surface area contributed by atoms with Gasteiger partial charge in [0, 0.05) is 0 Å². The zero-order chi connectivity index (χ0) is 43.5. The van der Waals surface area contributed by atoms with Gasteiger partial charge in [0.05, 0.1) is 25.3 Å². The van der Waals surface area contributed by atoms with Crippen LogP contribution in [0.15, 0.2) is 12.2 Å². The van der Waals surface area contributed by atoms with Gasteiger partial charge in [0.1, 0.15) is 36.6 Å². The van der Waals surface area contributed by atoms with Crippen LogP contribution in [0.4, 0.5) is 0 Å². The fourth-order valence-corrected chi connectivity index (χ4v) is 7.97. The van der Waals surface area contributed by atoms with Gasteiger partial charge >= 0.3 is 0 Å². The molecule has 350 valence electrons. The fraction of sp³-hybridized carbons (Fsp3) is 0.938. The van der Waals surface area contributed by atoms with Crippen LogP contribution in [-0.4, -0.2) is 105 Å². The van der Waals surface area contributed by atoms with Crippen LogP contribution < -0.4 is 11.1 Å². The Labute approximate surface area is 360 Å². The van der Waals surface area contributed by atoms with Crippen molar-refractivity contribution in [1.82, 2.24) is 5.32 Å². The first-order valence-electron chi connectivity index (χ1n) is 24.5. The first-order valence-corrected chi connectivity index (χ1v) is 24.5. The molecule has 11 heteroatoms. The van der Waals surface area contributed by atoms with Gasteiger partial charge in [-0.15, -0.1) is 0 Å². The van der Waals surface area contributed by atoms with Gasteiger partial charge in [-0.05, 0) is 25.2 Å². The lowest BCUT2D eigenvalue weighted by atomic mass is 9.98. The second-order valence-electron chi connectivity index (χ2n) is 18.1. The van der Waals surface area contributed by atoms with E-state index in [9.17, 15) is 35.4 Å². The molecule has 0 saturated carbocycles. The molecular weight excluding hydrogens is 749 g/mol. The number of carbonyl (C=O) groups excluding carboxylic acids is 1. The maximum Gasteiger partial charge on any atom is 0.249 e. The molecule has 1 saturated heterocycles. The maximum atomic E-state index is 13.1. The molecule has 0 aromatic heterocycles. The Morgan fingerprint density at radius 1 is 0.678 bits per heavy atom. The number of nitrogens with two attached hydrogens (primary N) is 1. The summed E-state index contributed by atoms with van der Waals surface area (Å²) in [5.74, 6) is 0.102. The van der Waals surface area contributed by atoms with Crippen molar-refractivity contribution in [2.75, 3.05) is 13.2 Å². The number of carbonyl (C=O) groups is 1. The second-order valence-corrected chi connectivity index (χ2v) is 18.1. The highest BCUT2D eigenvalue weighted by atomic mass is 16.7. The molecule has 1 amide bonds. The molecule has 1 aliphatic rings. The third kappa shape index (κ3) is 28.2. The van der Waals surface area contributed by atoms with Crippen molar-refractivity contribution in [3.8, 4) is 0 Å². The summed E-state index contributed by atoms with van der Waals surface area (Å²) in [6, 6.07) is -2.33. The van der Waals surface area contributed by atoms with Crippen molar-refractivity contribution in [2.45, 2.75) is 268 Å². The summed E-state index contributed by atoms with van der Waals surface area (Å²) in [6.07, 6.45) is 29.9. The van der Waals surface area contributed by atoms with Crippen LogP contribution in [0.3, 0.4) is 0 Å². The molecule has 11 nitrogen and oxygen atoms in total. The van der Waals surface area contributed by atoms with E-state index in [1.54, 1.807) is 0 Å². The summed E-state index contributed by atoms with van der Waals surface area (Å²) in [6.45, 7) is 5.87. The third-order valence-electron chi connectivity index (χ3n) is 12.1. The molecule has 0 aliphatic carbocycles. The van der Waals surface area contributed by atoms with Crippen molar-refractivity contribution >= 4 is 5.91 Å². The molecule has 1 rings (SSSR count). The molecule has 0 aromatic carbocycles. The van der Waals surface area contributed by atoms with E-state index < -0.39 is 67.5 Å². The number of nitrogens with one attached hydrogen (secondary N) is 1. The number of hydrogen-bond acceptors (Lipinski definition) is 10. The van der Waals surface area contributed by atoms with Crippen LogP contribution in [0.2, 0.25) is 0 Å². The van der Waals surface area contributed by atoms with Crippen molar-refractivity contribution in [2.24, 2.45) is 11.7 Å². The van der Waals surface area contributed by atoms with Gasteiger partial charge < -0.3 is 51.2 Å². The average Bonchev–Trinajstić information content (AvgIpc) is 3.22. The monoisotopic (exact) mass is 843 g/mol. The van der Waals surface area contributed by atoms with E-state index >= 15 is 0 Å². The summed E-state index contributed by atoms with van der Waals surface area (Å²) in [7, 11) is 0. The Balaban J connectivity index is 2.44. The normalized spacial score (nSPS) is 21.9. The highest BCUT2D eigenvalue weighted by Crippen LogP contribution is 2.22. The molecule has 0 unspecified atom stereocenters. The molecule has 1 heterocycles. The lowest BCUT2D eigenvalue weighted by molar-refractivity contribution is -0.268.